The molecule has 0 saturated heterocycles. The molecule has 0 aliphatic carbocycles. The number of hydrogen-bond acceptors (Lipinski definition) is 6. The van der Waals surface area contributed by atoms with Crippen LogP contribution in [0.3, 0.4) is 0 Å². The highest BCUT2D eigenvalue weighted by atomic mass is 16.3. The highest BCUT2D eigenvalue weighted by molar-refractivity contribution is 5.72. The Morgan fingerprint density at radius 1 is 1.56 bits per heavy atom. The van der Waals surface area contributed by atoms with Gasteiger partial charge in [0.15, 0.2) is 0 Å². The molecule has 7 heteroatoms. The number of hydrogen-bond donors (Lipinski definition) is 4. The maximum Gasteiger partial charge on any atom is 0.220 e. The third-order valence-electron chi connectivity index (χ3n) is 2.53. The van der Waals surface area contributed by atoms with Crippen molar-refractivity contribution < 1.29 is 15.0 Å². The van der Waals surface area contributed by atoms with E-state index >= 15 is 0 Å². The number of amides is 1. The van der Waals surface area contributed by atoms with Crippen molar-refractivity contribution >= 4 is 11.9 Å². The van der Waals surface area contributed by atoms with Gasteiger partial charge in [0.1, 0.15) is 6.10 Å². The molecule has 100 valence electrons. The maximum atomic E-state index is 10.7. The second kappa shape index (κ2) is 6.27. The Labute approximate surface area is 105 Å². The predicted molar refractivity (Wildman–Crippen MR) is 65.4 cm³/mol. The summed E-state index contributed by atoms with van der Waals surface area (Å²) in [6.45, 7) is 3.36. The molecule has 2 atom stereocenters. The van der Waals surface area contributed by atoms with E-state index in [-0.39, 0.29) is 18.3 Å². The number of nitrogen functional groups attached to an aromatic ring is 1. The molecule has 0 fully saturated rings. The number of rotatable bonds is 5. The first-order valence-electron chi connectivity index (χ1n) is 5.61. The van der Waals surface area contributed by atoms with Crippen molar-refractivity contribution in [1.29, 1.82) is 0 Å². The van der Waals surface area contributed by atoms with Crippen LogP contribution in [0, 0.1) is 6.92 Å². The molecule has 1 amide bonds. The van der Waals surface area contributed by atoms with E-state index in [1.165, 1.54) is 13.1 Å². The summed E-state index contributed by atoms with van der Waals surface area (Å²) >= 11 is 0. The Hall–Kier alpha value is -1.73. The van der Waals surface area contributed by atoms with Gasteiger partial charge in [0.25, 0.3) is 0 Å². The monoisotopic (exact) mass is 254 g/mol. The van der Waals surface area contributed by atoms with Gasteiger partial charge in [-0.25, -0.2) is 9.97 Å². The van der Waals surface area contributed by atoms with Gasteiger partial charge < -0.3 is 21.3 Å². The Morgan fingerprint density at radius 3 is 2.78 bits per heavy atom. The van der Waals surface area contributed by atoms with Crippen molar-refractivity contribution in [2.75, 3.05) is 12.3 Å². The highest BCUT2D eigenvalue weighted by Gasteiger charge is 2.21. The Bertz CT molecular complexity index is 425. The number of aryl methyl sites for hydroxylation is 1. The second-order valence-corrected chi connectivity index (χ2v) is 4.05. The van der Waals surface area contributed by atoms with Crippen molar-refractivity contribution in [3.8, 4) is 0 Å². The van der Waals surface area contributed by atoms with Gasteiger partial charge in [0.05, 0.1) is 6.10 Å². The number of aliphatic hydroxyl groups is 2. The summed E-state index contributed by atoms with van der Waals surface area (Å²) in [6.07, 6.45) is -0.462. The van der Waals surface area contributed by atoms with Crippen LogP contribution in [0.2, 0.25) is 0 Å². The van der Waals surface area contributed by atoms with E-state index in [9.17, 15) is 15.0 Å². The van der Waals surface area contributed by atoms with Gasteiger partial charge in [-0.3, -0.25) is 4.79 Å². The van der Waals surface area contributed by atoms with Crippen LogP contribution >= 0.6 is 0 Å². The van der Waals surface area contributed by atoms with E-state index in [1.54, 1.807) is 6.92 Å². The Kier molecular flexibility index (Phi) is 4.99. The highest BCUT2D eigenvalue weighted by Crippen LogP contribution is 2.20. The molecular formula is C11H18N4O3. The Balaban J connectivity index is 2.62. The molecule has 0 radical (unpaired) electrons. The standard InChI is InChI=1S/C11H18N4O3/c1-6-8(5-14-11(12)15-6)10(18)9(17)3-4-13-7(2)16/h5,9-10,17-18H,3-4H2,1-2H3,(H,13,16)(H2,12,14,15). The number of aliphatic hydroxyl groups excluding tert-OH is 2. The average molecular weight is 254 g/mol. The van der Waals surface area contributed by atoms with Crippen molar-refractivity contribution in [3.05, 3.63) is 17.5 Å². The van der Waals surface area contributed by atoms with Crippen LogP contribution in [0.4, 0.5) is 5.95 Å². The zero-order valence-electron chi connectivity index (χ0n) is 10.4. The quantitative estimate of drug-likeness (QED) is 0.550. The van der Waals surface area contributed by atoms with Crippen molar-refractivity contribution in [2.24, 2.45) is 0 Å². The number of carbonyl (C=O) groups excluding carboxylic acids is 1. The molecule has 1 aromatic rings. The molecule has 7 nitrogen and oxygen atoms in total. The van der Waals surface area contributed by atoms with Crippen LogP contribution in [0.25, 0.3) is 0 Å². The second-order valence-electron chi connectivity index (χ2n) is 4.05. The number of nitrogens with two attached hydrogens (primary N) is 1. The fraction of sp³-hybridized carbons (Fsp3) is 0.545. The summed E-state index contributed by atoms with van der Waals surface area (Å²) in [7, 11) is 0. The smallest absolute Gasteiger partial charge is 0.220 e. The Morgan fingerprint density at radius 2 is 2.22 bits per heavy atom. The molecule has 1 rings (SSSR count). The molecule has 0 saturated carbocycles. The van der Waals surface area contributed by atoms with Crippen molar-refractivity contribution in [3.63, 3.8) is 0 Å². The fourth-order valence-electron chi connectivity index (χ4n) is 1.55. The van der Waals surface area contributed by atoms with E-state index in [1.807, 2.05) is 0 Å². The lowest BCUT2D eigenvalue weighted by molar-refractivity contribution is -0.119. The molecule has 18 heavy (non-hydrogen) atoms. The molecule has 0 bridgehead atoms. The normalized spacial score (nSPS) is 14.0. The number of aromatic nitrogens is 2. The molecule has 5 N–H and O–H groups in total. The van der Waals surface area contributed by atoms with Crippen molar-refractivity contribution in [1.82, 2.24) is 15.3 Å². The number of carbonyl (C=O) groups is 1. The predicted octanol–water partition coefficient (Wildman–Crippen LogP) is -0.712. The number of nitrogens with zero attached hydrogens (tertiary/aromatic N) is 2. The van der Waals surface area contributed by atoms with Crippen LogP contribution in [-0.4, -0.2) is 38.7 Å². The lowest BCUT2D eigenvalue weighted by Gasteiger charge is -2.19. The maximum absolute atomic E-state index is 10.7. The third-order valence-corrected chi connectivity index (χ3v) is 2.53. The average Bonchev–Trinajstić information content (AvgIpc) is 2.27. The third kappa shape index (κ3) is 3.94. The van der Waals surface area contributed by atoms with Gasteiger partial charge >= 0.3 is 0 Å². The molecular weight excluding hydrogens is 236 g/mol. The first kappa shape index (κ1) is 14.3. The van der Waals surface area contributed by atoms with Gasteiger partial charge in [-0.2, -0.15) is 0 Å². The van der Waals surface area contributed by atoms with Gasteiger partial charge in [-0.1, -0.05) is 0 Å². The fourth-order valence-corrected chi connectivity index (χ4v) is 1.55. The number of anilines is 1. The molecule has 1 aromatic heterocycles. The molecule has 0 aliphatic heterocycles. The van der Waals surface area contributed by atoms with E-state index in [0.717, 1.165) is 0 Å². The molecule has 0 spiro atoms. The summed E-state index contributed by atoms with van der Waals surface area (Å²) < 4.78 is 0. The summed E-state index contributed by atoms with van der Waals surface area (Å²) in [5, 5.41) is 22.3. The van der Waals surface area contributed by atoms with E-state index in [2.05, 4.69) is 15.3 Å². The zero-order valence-corrected chi connectivity index (χ0v) is 10.4. The minimum Gasteiger partial charge on any atom is -0.390 e. The largest absolute Gasteiger partial charge is 0.390 e. The molecule has 0 aromatic carbocycles. The van der Waals surface area contributed by atoms with Crippen LogP contribution in [0.5, 0.6) is 0 Å². The van der Waals surface area contributed by atoms with Crippen LogP contribution < -0.4 is 11.1 Å². The lowest BCUT2D eigenvalue weighted by Crippen LogP contribution is -2.28. The van der Waals surface area contributed by atoms with Gasteiger partial charge in [-0.15, -0.1) is 0 Å². The van der Waals surface area contributed by atoms with Gasteiger partial charge in [0, 0.05) is 30.9 Å². The van der Waals surface area contributed by atoms with Crippen molar-refractivity contribution in [2.45, 2.75) is 32.5 Å². The van der Waals surface area contributed by atoms with Gasteiger partial charge in [-0.05, 0) is 13.3 Å². The molecule has 0 aliphatic rings. The summed E-state index contributed by atoms with van der Waals surface area (Å²) in [5.41, 5.74) is 6.36. The van der Waals surface area contributed by atoms with Gasteiger partial charge in [0.2, 0.25) is 11.9 Å². The topological polar surface area (TPSA) is 121 Å². The van der Waals surface area contributed by atoms with Crippen LogP contribution in [0.15, 0.2) is 6.20 Å². The van der Waals surface area contributed by atoms with E-state index in [0.29, 0.717) is 17.8 Å². The lowest BCUT2D eigenvalue weighted by atomic mass is 10.0. The summed E-state index contributed by atoms with van der Waals surface area (Å²) in [5.74, 6) is -0.0557. The van der Waals surface area contributed by atoms with E-state index < -0.39 is 12.2 Å². The summed E-state index contributed by atoms with van der Waals surface area (Å²) in [4.78, 5) is 18.4. The minimum atomic E-state index is -1.10. The molecule has 2 unspecified atom stereocenters. The van der Waals surface area contributed by atoms with Crippen LogP contribution in [-0.2, 0) is 4.79 Å². The zero-order chi connectivity index (χ0) is 13.7. The first-order chi connectivity index (χ1) is 8.41. The van der Waals surface area contributed by atoms with E-state index in [4.69, 9.17) is 5.73 Å². The summed E-state index contributed by atoms with van der Waals surface area (Å²) in [6, 6.07) is 0. The SMILES string of the molecule is CC(=O)NCCC(O)C(O)c1cnc(N)nc1C. The number of nitrogens with one attached hydrogen (secondary N) is 1. The minimum absolute atomic E-state index is 0.121. The van der Waals surface area contributed by atoms with Crippen LogP contribution in [0.1, 0.15) is 30.7 Å². The first-order valence-corrected chi connectivity index (χ1v) is 5.61. The molecule has 1 heterocycles.